The summed E-state index contributed by atoms with van der Waals surface area (Å²) in [5.74, 6) is -0.528. The van der Waals surface area contributed by atoms with Gasteiger partial charge in [0.15, 0.2) is 0 Å². The van der Waals surface area contributed by atoms with Crippen LogP contribution < -0.4 is 5.32 Å². The second kappa shape index (κ2) is 4.93. The van der Waals surface area contributed by atoms with E-state index < -0.39 is 5.97 Å². The zero-order chi connectivity index (χ0) is 15.1. The zero-order valence-electron chi connectivity index (χ0n) is 12.9. The summed E-state index contributed by atoms with van der Waals surface area (Å²) >= 11 is 0. The van der Waals surface area contributed by atoms with E-state index in [0.717, 1.165) is 12.8 Å². The smallest absolute Gasteiger partial charge is 0.317 e. The van der Waals surface area contributed by atoms with E-state index in [-0.39, 0.29) is 35.2 Å². The van der Waals surface area contributed by atoms with E-state index in [1.807, 2.05) is 4.90 Å². The minimum absolute atomic E-state index is 0.00225. The van der Waals surface area contributed by atoms with E-state index in [9.17, 15) is 9.59 Å². The van der Waals surface area contributed by atoms with E-state index in [4.69, 9.17) is 5.11 Å². The maximum absolute atomic E-state index is 12.3. The van der Waals surface area contributed by atoms with Crippen molar-refractivity contribution in [1.29, 1.82) is 0 Å². The highest BCUT2D eigenvalue weighted by Gasteiger charge is 2.65. The molecule has 2 rings (SSSR count). The van der Waals surface area contributed by atoms with Crippen LogP contribution in [0.25, 0.3) is 0 Å². The van der Waals surface area contributed by atoms with Crippen LogP contribution in [0.2, 0.25) is 0 Å². The van der Waals surface area contributed by atoms with E-state index >= 15 is 0 Å². The van der Waals surface area contributed by atoms with Crippen LogP contribution >= 0.6 is 0 Å². The Morgan fingerprint density at radius 2 is 1.65 bits per heavy atom. The van der Waals surface area contributed by atoms with Gasteiger partial charge in [0, 0.05) is 25.6 Å². The highest BCUT2D eigenvalue weighted by molar-refractivity contribution is 5.75. The monoisotopic (exact) mass is 282 g/mol. The van der Waals surface area contributed by atoms with Gasteiger partial charge in [0.05, 0.1) is 0 Å². The Morgan fingerprint density at radius 3 is 2.05 bits per heavy atom. The molecule has 2 N–H and O–H groups in total. The van der Waals surface area contributed by atoms with E-state index in [1.165, 1.54) is 0 Å². The van der Waals surface area contributed by atoms with Gasteiger partial charge >= 0.3 is 12.0 Å². The molecule has 5 nitrogen and oxygen atoms in total. The quantitative estimate of drug-likeness (QED) is 0.834. The molecule has 1 aliphatic carbocycles. The molecule has 0 spiro atoms. The number of carbonyl (C=O) groups is 2. The molecule has 0 radical (unpaired) electrons. The van der Waals surface area contributed by atoms with Gasteiger partial charge in [0.2, 0.25) is 0 Å². The fraction of sp³-hybridized carbons (Fsp3) is 0.867. The molecule has 0 aromatic carbocycles. The third-order valence-electron chi connectivity index (χ3n) is 5.65. The molecule has 0 bridgehead atoms. The second-order valence-corrected chi connectivity index (χ2v) is 7.35. The van der Waals surface area contributed by atoms with Crippen LogP contribution in [0, 0.1) is 16.7 Å². The van der Waals surface area contributed by atoms with Crippen molar-refractivity contribution in [3.63, 3.8) is 0 Å². The molecular formula is C15H26N2O3. The number of hydrogen-bond acceptors (Lipinski definition) is 2. The molecule has 2 amide bonds. The third-order valence-corrected chi connectivity index (χ3v) is 5.65. The first-order chi connectivity index (χ1) is 9.16. The predicted molar refractivity (Wildman–Crippen MR) is 76.4 cm³/mol. The van der Waals surface area contributed by atoms with Gasteiger partial charge in [-0.05, 0) is 29.6 Å². The highest BCUT2D eigenvalue weighted by Crippen LogP contribution is 2.62. The number of carboxylic acid groups (broad SMARTS) is 1. The molecule has 114 valence electrons. The lowest BCUT2D eigenvalue weighted by molar-refractivity contribution is -0.138. The average molecular weight is 282 g/mol. The normalized spacial score (nSPS) is 25.3. The van der Waals surface area contributed by atoms with Crippen LogP contribution in [-0.2, 0) is 4.79 Å². The number of nitrogens with one attached hydrogen (secondary N) is 1. The summed E-state index contributed by atoms with van der Waals surface area (Å²) in [5, 5.41) is 11.9. The molecule has 2 aliphatic rings. The lowest BCUT2D eigenvalue weighted by Gasteiger charge is -2.31. The number of urea groups is 1. The van der Waals surface area contributed by atoms with Crippen LogP contribution in [-0.4, -0.2) is 41.1 Å². The van der Waals surface area contributed by atoms with E-state index in [0.29, 0.717) is 13.1 Å². The average Bonchev–Trinajstić information content (AvgIpc) is 2.72. The van der Waals surface area contributed by atoms with Crippen molar-refractivity contribution in [3.05, 3.63) is 0 Å². The van der Waals surface area contributed by atoms with Gasteiger partial charge in [-0.1, -0.05) is 27.7 Å². The summed E-state index contributed by atoms with van der Waals surface area (Å²) in [5.41, 5.74) is 0.286. The second-order valence-electron chi connectivity index (χ2n) is 7.35. The van der Waals surface area contributed by atoms with Crippen molar-refractivity contribution in [2.24, 2.45) is 16.7 Å². The maximum Gasteiger partial charge on any atom is 0.317 e. The Morgan fingerprint density at radius 1 is 1.15 bits per heavy atom. The zero-order valence-corrected chi connectivity index (χ0v) is 12.9. The maximum atomic E-state index is 12.3. The molecule has 1 aliphatic heterocycles. The Hall–Kier alpha value is -1.26. The highest BCUT2D eigenvalue weighted by atomic mass is 16.4. The number of aliphatic carboxylic acids is 1. The fourth-order valence-electron chi connectivity index (χ4n) is 3.36. The van der Waals surface area contributed by atoms with Gasteiger partial charge in [0.1, 0.15) is 0 Å². The summed E-state index contributed by atoms with van der Waals surface area (Å²) < 4.78 is 0. The minimum atomic E-state index is -0.741. The molecule has 0 aromatic heterocycles. The van der Waals surface area contributed by atoms with Gasteiger partial charge in [-0.2, -0.15) is 0 Å². The fourth-order valence-corrected chi connectivity index (χ4v) is 3.36. The topological polar surface area (TPSA) is 69.6 Å². The number of likely N-dealkylation sites (tertiary alicyclic amines) is 1. The van der Waals surface area contributed by atoms with Gasteiger partial charge in [-0.3, -0.25) is 4.79 Å². The molecule has 0 unspecified atom stereocenters. The lowest BCUT2D eigenvalue weighted by Crippen LogP contribution is -2.46. The number of carbonyl (C=O) groups excluding carboxylic acids is 1. The van der Waals surface area contributed by atoms with Crippen LogP contribution in [0.4, 0.5) is 4.79 Å². The van der Waals surface area contributed by atoms with Crippen molar-refractivity contribution >= 4 is 12.0 Å². The standard InChI is InChI=1S/C15H26N2O3/c1-14(2)12(15(14,3)4)16-13(20)17-7-5-10(6-8-17)9-11(18)19/h10,12H,5-9H2,1-4H3,(H,16,20)(H,18,19). The first kappa shape index (κ1) is 15.1. The molecule has 5 heteroatoms. The molecule has 2 fully saturated rings. The first-order valence-electron chi connectivity index (χ1n) is 7.43. The van der Waals surface area contributed by atoms with Crippen LogP contribution in [0.15, 0.2) is 0 Å². The third kappa shape index (κ3) is 2.63. The molecule has 1 heterocycles. The van der Waals surface area contributed by atoms with Crippen LogP contribution in [0.3, 0.4) is 0 Å². The Balaban J connectivity index is 1.80. The Kier molecular flexibility index (Phi) is 3.73. The summed E-state index contributed by atoms with van der Waals surface area (Å²) in [7, 11) is 0. The van der Waals surface area contributed by atoms with Crippen molar-refractivity contribution in [3.8, 4) is 0 Å². The van der Waals surface area contributed by atoms with E-state index in [1.54, 1.807) is 0 Å². The van der Waals surface area contributed by atoms with Crippen molar-refractivity contribution in [2.45, 2.75) is 53.0 Å². The Bertz CT molecular complexity index is 395. The molecule has 1 saturated heterocycles. The van der Waals surface area contributed by atoms with Gasteiger partial charge in [-0.25, -0.2) is 4.79 Å². The largest absolute Gasteiger partial charge is 0.481 e. The number of carboxylic acids is 1. The van der Waals surface area contributed by atoms with Crippen molar-refractivity contribution in [2.75, 3.05) is 13.1 Å². The predicted octanol–water partition coefficient (Wildman–Crippen LogP) is 2.32. The van der Waals surface area contributed by atoms with Crippen molar-refractivity contribution in [1.82, 2.24) is 10.2 Å². The van der Waals surface area contributed by atoms with Gasteiger partial charge in [0.25, 0.3) is 0 Å². The number of amides is 2. The van der Waals surface area contributed by atoms with Crippen LogP contribution in [0.1, 0.15) is 47.0 Å². The number of nitrogens with zero attached hydrogens (tertiary/aromatic N) is 1. The minimum Gasteiger partial charge on any atom is -0.481 e. The van der Waals surface area contributed by atoms with Crippen LogP contribution in [0.5, 0.6) is 0 Å². The molecular weight excluding hydrogens is 256 g/mol. The summed E-state index contributed by atoms with van der Waals surface area (Å²) in [6, 6.07) is 0.224. The number of piperidine rings is 1. The summed E-state index contributed by atoms with van der Waals surface area (Å²) in [6.45, 7) is 10.0. The molecule has 20 heavy (non-hydrogen) atoms. The van der Waals surface area contributed by atoms with E-state index in [2.05, 4.69) is 33.0 Å². The summed E-state index contributed by atoms with van der Waals surface area (Å²) in [4.78, 5) is 24.8. The SMILES string of the molecule is CC1(C)C(NC(=O)N2CCC(CC(=O)O)CC2)C1(C)C. The number of rotatable bonds is 3. The molecule has 1 saturated carbocycles. The Labute approximate surface area is 120 Å². The van der Waals surface area contributed by atoms with Gasteiger partial charge < -0.3 is 15.3 Å². The molecule has 0 aromatic rings. The number of hydrogen-bond donors (Lipinski definition) is 2. The first-order valence-corrected chi connectivity index (χ1v) is 7.43. The van der Waals surface area contributed by atoms with Crippen molar-refractivity contribution < 1.29 is 14.7 Å². The van der Waals surface area contributed by atoms with Gasteiger partial charge in [-0.15, -0.1) is 0 Å². The molecule has 0 atom stereocenters. The summed E-state index contributed by atoms with van der Waals surface area (Å²) in [6.07, 6.45) is 1.80. The lowest BCUT2D eigenvalue weighted by atomic mass is 9.94.